The zero-order valence-electron chi connectivity index (χ0n) is 20.0. The van der Waals surface area contributed by atoms with Gasteiger partial charge in [-0.15, -0.1) is 0 Å². The maximum Gasteiger partial charge on any atom is 0.428 e. The zero-order valence-corrected chi connectivity index (χ0v) is 20.8. The number of anilines is 1. The van der Waals surface area contributed by atoms with E-state index in [0.29, 0.717) is 6.54 Å². The second-order valence-corrected chi connectivity index (χ2v) is 9.99. The van der Waals surface area contributed by atoms with E-state index in [1.807, 2.05) is 97.4 Å². The van der Waals surface area contributed by atoms with Crippen LogP contribution in [0, 0.1) is 0 Å². The van der Waals surface area contributed by atoms with Crippen LogP contribution in [0.15, 0.2) is 84.0 Å². The Morgan fingerprint density at radius 1 is 1.03 bits per heavy atom. The van der Waals surface area contributed by atoms with Gasteiger partial charge in [0.2, 0.25) is 0 Å². The van der Waals surface area contributed by atoms with Crippen LogP contribution in [0.2, 0.25) is 0 Å². The number of carbonyl (C=O) groups excluding carboxylic acids is 2. The summed E-state index contributed by atoms with van der Waals surface area (Å²) in [6, 6.07) is 25.3. The molecule has 4 aromatic rings. The number of imide groups is 1. The number of aromatic nitrogens is 2. The fraction of sp³-hybridized carbons (Fsp3) is 0.250. The SMILES string of the molecule is C[C@@H]1CCC[N+]1(C(=O)CSc1nc2ccccc2n1C)C(=O)Nc1ccccc1-c1ccccc1. The largest absolute Gasteiger partial charge is 0.428 e. The van der Waals surface area contributed by atoms with E-state index in [1.165, 1.54) is 11.8 Å². The molecule has 1 N–H and O–H groups in total. The molecular formula is C28H29N4O2S+. The highest BCUT2D eigenvalue weighted by Crippen LogP contribution is 2.34. The van der Waals surface area contributed by atoms with E-state index in [2.05, 4.69) is 10.3 Å². The van der Waals surface area contributed by atoms with Crippen molar-refractivity contribution in [1.29, 1.82) is 0 Å². The third kappa shape index (κ3) is 4.26. The van der Waals surface area contributed by atoms with E-state index in [4.69, 9.17) is 0 Å². The van der Waals surface area contributed by atoms with Gasteiger partial charge in [-0.2, -0.15) is 4.48 Å². The van der Waals surface area contributed by atoms with Gasteiger partial charge in [-0.25, -0.2) is 14.6 Å². The molecule has 1 aromatic heterocycles. The molecule has 6 nitrogen and oxygen atoms in total. The summed E-state index contributed by atoms with van der Waals surface area (Å²) in [6.07, 6.45) is 1.69. The molecule has 2 heterocycles. The van der Waals surface area contributed by atoms with Gasteiger partial charge in [-0.05, 0) is 30.7 Å². The number of hydrogen-bond donors (Lipinski definition) is 1. The van der Waals surface area contributed by atoms with Gasteiger partial charge in [0.25, 0.3) is 0 Å². The van der Waals surface area contributed by atoms with Gasteiger partial charge in [0.15, 0.2) is 5.16 Å². The quantitative estimate of drug-likeness (QED) is 0.274. The first-order valence-corrected chi connectivity index (χ1v) is 12.9. The van der Waals surface area contributed by atoms with Crippen molar-refractivity contribution in [2.45, 2.75) is 31.0 Å². The summed E-state index contributed by atoms with van der Waals surface area (Å²) in [7, 11) is 1.96. The molecule has 0 spiro atoms. The smallest absolute Gasteiger partial charge is 0.322 e. The highest BCUT2D eigenvalue weighted by Gasteiger charge is 2.52. The standard InChI is InChI=1S/C28H28N4O2S/c1-20-11-10-18-32(20,26(33)19-35-27-29-24-16-8-9-17-25(24)31(27)2)28(34)30-23-15-7-6-14-22(23)21-12-4-3-5-13-21/h3-9,12-17,20H,10-11,18-19H2,1-2H3/p+1/t20-,32?/m1/s1. The van der Waals surface area contributed by atoms with Crippen LogP contribution in [0.4, 0.5) is 10.5 Å². The molecule has 1 aliphatic heterocycles. The monoisotopic (exact) mass is 485 g/mol. The molecule has 35 heavy (non-hydrogen) atoms. The topological polar surface area (TPSA) is 64.0 Å². The van der Waals surface area contributed by atoms with Gasteiger partial charge in [-0.1, -0.05) is 72.4 Å². The van der Waals surface area contributed by atoms with Gasteiger partial charge in [-0.3, -0.25) is 5.32 Å². The number of urea groups is 1. The number of rotatable bonds is 5. The molecular weight excluding hydrogens is 456 g/mol. The van der Waals surface area contributed by atoms with Crippen LogP contribution in [0.25, 0.3) is 22.2 Å². The fourth-order valence-corrected chi connectivity index (χ4v) is 5.97. The van der Waals surface area contributed by atoms with E-state index in [9.17, 15) is 9.59 Å². The van der Waals surface area contributed by atoms with Crippen LogP contribution >= 0.6 is 11.8 Å². The third-order valence-electron chi connectivity index (χ3n) is 7.02. The minimum absolute atomic E-state index is 0.0765. The maximum absolute atomic E-state index is 13.8. The first-order chi connectivity index (χ1) is 17.0. The number of nitrogens with one attached hydrogen (secondary N) is 1. The van der Waals surface area contributed by atoms with Gasteiger partial charge in [0, 0.05) is 25.5 Å². The summed E-state index contributed by atoms with van der Waals surface area (Å²) < 4.78 is 1.82. The molecule has 1 fully saturated rings. The summed E-state index contributed by atoms with van der Waals surface area (Å²) in [4.78, 5) is 32.2. The first-order valence-electron chi connectivity index (χ1n) is 11.9. The van der Waals surface area contributed by atoms with Crippen molar-refractivity contribution in [3.63, 3.8) is 0 Å². The van der Waals surface area contributed by atoms with Gasteiger partial charge < -0.3 is 4.57 Å². The van der Waals surface area contributed by atoms with Crippen LogP contribution < -0.4 is 5.32 Å². The van der Waals surface area contributed by atoms with Crippen molar-refractivity contribution < 1.29 is 14.1 Å². The van der Waals surface area contributed by atoms with E-state index in [1.54, 1.807) is 0 Å². The van der Waals surface area contributed by atoms with Crippen molar-refractivity contribution in [3.05, 3.63) is 78.9 Å². The van der Waals surface area contributed by atoms with Crippen LogP contribution in [-0.4, -0.2) is 44.3 Å². The lowest BCUT2D eigenvalue weighted by Crippen LogP contribution is -2.61. The Kier molecular flexibility index (Phi) is 6.45. The maximum atomic E-state index is 13.8. The normalized spacial score (nSPS) is 19.7. The predicted molar refractivity (Wildman–Crippen MR) is 141 cm³/mol. The molecule has 0 radical (unpaired) electrons. The summed E-state index contributed by atoms with van der Waals surface area (Å²) >= 11 is 1.40. The van der Waals surface area contributed by atoms with E-state index < -0.39 is 0 Å². The number of amides is 3. The number of aryl methyl sites for hydroxylation is 1. The van der Waals surface area contributed by atoms with Crippen LogP contribution in [0.5, 0.6) is 0 Å². The number of carbonyl (C=O) groups is 2. The Labute approximate surface area is 209 Å². The Morgan fingerprint density at radius 3 is 2.49 bits per heavy atom. The van der Waals surface area contributed by atoms with Gasteiger partial charge >= 0.3 is 11.9 Å². The number of thioether (sulfide) groups is 1. The Balaban J connectivity index is 1.39. The molecule has 0 saturated carbocycles. The summed E-state index contributed by atoms with van der Waals surface area (Å²) in [6.45, 7) is 2.52. The lowest BCUT2D eigenvalue weighted by Gasteiger charge is -2.33. The number of fused-ring (bicyclic) bond motifs is 1. The molecule has 0 bridgehead atoms. The summed E-state index contributed by atoms with van der Waals surface area (Å²) in [5, 5.41) is 3.89. The Hall–Kier alpha value is -3.42. The van der Waals surface area contributed by atoms with Crippen LogP contribution in [-0.2, 0) is 11.8 Å². The van der Waals surface area contributed by atoms with Crippen LogP contribution in [0.3, 0.4) is 0 Å². The van der Waals surface area contributed by atoms with Crippen LogP contribution in [0.1, 0.15) is 19.8 Å². The predicted octanol–water partition coefficient (Wildman–Crippen LogP) is 6.09. The number of quaternary nitrogens is 1. The third-order valence-corrected chi connectivity index (χ3v) is 8.03. The van der Waals surface area contributed by atoms with Crippen molar-refractivity contribution in [1.82, 2.24) is 9.55 Å². The molecule has 2 atom stereocenters. The molecule has 7 heteroatoms. The Morgan fingerprint density at radius 2 is 1.74 bits per heavy atom. The van der Waals surface area contributed by atoms with Gasteiger partial charge in [0.05, 0.1) is 23.3 Å². The number of para-hydroxylation sites is 3. The number of hydrogen-bond acceptors (Lipinski definition) is 4. The Bertz CT molecular complexity index is 1380. The fourth-order valence-electron chi connectivity index (χ4n) is 5.03. The average molecular weight is 486 g/mol. The lowest BCUT2D eigenvalue weighted by atomic mass is 10.0. The molecule has 1 saturated heterocycles. The number of benzene rings is 3. The molecule has 0 aliphatic carbocycles. The second-order valence-electron chi connectivity index (χ2n) is 9.05. The molecule has 5 rings (SSSR count). The van der Waals surface area contributed by atoms with Crippen molar-refractivity contribution in [2.24, 2.45) is 7.05 Å². The van der Waals surface area contributed by atoms with Crippen molar-refractivity contribution in [3.8, 4) is 11.1 Å². The van der Waals surface area contributed by atoms with Gasteiger partial charge in [0.1, 0.15) is 11.8 Å². The molecule has 1 unspecified atom stereocenters. The average Bonchev–Trinajstić information content (AvgIpc) is 3.44. The molecule has 1 aliphatic rings. The second kappa shape index (κ2) is 9.68. The van der Waals surface area contributed by atoms with E-state index in [0.717, 1.165) is 45.8 Å². The first kappa shape index (κ1) is 23.3. The van der Waals surface area contributed by atoms with E-state index >= 15 is 0 Å². The highest BCUT2D eigenvalue weighted by molar-refractivity contribution is 7.99. The molecule has 3 amide bonds. The zero-order chi connectivity index (χ0) is 24.4. The molecule has 178 valence electrons. The number of imidazole rings is 1. The van der Waals surface area contributed by atoms with E-state index in [-0.39, 0.29) is 28.2 Å². The number of nitrogens with zero attached hydrogens (tertiary/aromatic N) is 3. The van der Waals surface area contributed by atoms with Crippen molar-refractivity contribution in [2.75, 3.05) is 17.6 Å². The minimum atomic E-state index is -0.256. The lowest BCUT2D eigenvalue weighted by molar-refractivity contribution is -0.781. The summed E-state index contributed by atoms with van der Waals surface area (Å²) in [5.41, 5.74) is 4.60. The molecule has 3 aromatic carbocycles. The highest BCUT2D eigenvalue weighted by atomic mass is 32.2. The number of likely N-dealkylation sites (tertiary alicyclic amines) is 1. The van der Waals surface area contributed by atoms with Crippen molar-refractivity contribution >= 4 is 40.4 Å². The minimum Gasteiger partial charge on any atom is -0.322 e. The summed E-state index contributed by atoms with van der Waals surface area (Å²) in [5.74, 6) is 0.108.